The second-order valence-electron chi connectivity index (χ2n) is 4.75. The summed E-state index contributed by atoms with van der Waals surface area (Å²) in [4.78, 5) is 8.91. The lowest BCUT2D eigenvalue weighted by Crippen LogP contribution is -2.08. The van der Waals surface area contributed by atoms with Crippen molar-refractivity contribution in [2.45, 2.75) is 6.10 Å². The van der Waals surface area contributed by atoms with Crippen molar-refractivity contribution < 1.29 is 14.6 Å². The van der Waals surface area contributed by atoms with Gasteiger partial charge < -0.3 is 14.6 Å². The Morgan fingerprint density at radius 2 is 1.50 bits per heavy atom. The van der Waals surface area contributed by atoms with Crippen molar-refractivity contribution >= 4 is 11.0 Å². The molecule has 0 aliphatic carbocycles. The van der Waals surface area contributed by atoms with E-state index in [1.807, 2.05) is 36.4 Å². The Morgan fingerprint density at radius 1 is 0.864 bits per heavy atom. The Labute approximate surface area is 128 Å². The van der Waals surface area contributed by atoms with Crippen LogP contribution in [0.1, 0.15) is 17.4 Å². The van der Waals surface area contributed by atoms with Gasteiger partial charge in [-0.05, 0) is 18.2 Å². The molecule has 0 radical (unpaired) electrons. The summed E-state index contributed by atoms with van der Waals surface area (Å²) in [6.07, 6.45) is -0.983. The highest BCUT2D eigenvalue weighted by Crippen LogP contribution is 2.33. The Kier molecular flexibility index (Phi) is 3.89. The molecule has 5 nitrogen and oxygen atoms in total. The van der Waals surface area contributed by atoms with Crippen LogP contribution >= 0.6 is 0 Å². The lowest BCUT2D eigenvalue weighted by atomic mass is 10.1. The topological polar surface area (TPSA) is 64.5 Å². The summed E-state index contributed by atoms with van der Waals surface area (Å²) in [5.41, 5.74) is 2.40. The van der Waals surface area contributed by atoms with Gasteiger partial charge in [0.25, 0.3) is 0 Å². The molecule has 22 heavy (non-hydrogen) atoms. The predicted octanol–water partition coefficient (Wildman–Crippen LogP) is 2.73. The van der Waals surface area contributed by atoms with Crippen LogP contribution in [0.2, 0.25) is 0 Å². The number of methoxy groups -OCH3 is 2. The average molecular weight is 296 g/mol. The zero-order chi connectivity index (χ0) is 15.5. The number of hydrogen-bond acceptors (Lipinski definition) is 5. The van der Waals surface area contributed by atoms with Gasteiger partial charge in [-0.15, -0.1) is 0 Å². The zero-order valence-electron chi connectivity index (χ0n) is 12.4. The molecule has 112 valence electrons. The number of ether oxygens (including phenoxy) is 2. The van der Waals surface area contributed by atoms with Crippen molar-refractivity contribution in [3.63, 3.8) is 0 Å². The quantitative estimate of drug-likeness (QED) is 0.802. The molecule has 3 aromatic rings. The summed E-state index contributed by atoms with van der Waals surface area (Å²) < 4.78 is 10.6. The van der Waals surface area contributed by atoms with Crippen molar-refractivity contribution in [1.29, 1.82) is 0 Å². The number of hydrogen-bond donors (Lipinski definition) is 1. The standard InChI is InChI=1S/C17H16N2O3/c1-21-14-10-6-3-7-11(14)16(20)15-17(22-2)19-13-9-5-4-8-12(13)18-15/h3-10,16,20H,1-2H3. The second-order valence-corrected chi connectivity index (χ2v) is 4.75. The number of aliphatic hydroxyl groups is 1. The van der Waals surface area contributed by atoms with E-state index in [0.717, 1.165) is 5.52 Å². The van der Waals surface area contributed by atoms with Crippen molar-refractivity contribution in [2.75, 3.05) is 14.2 Å². The van der Waals surface area contributed by atoms with Crippen molar-refractivity contribution in [2.24, 2.45) is 0 Å². The SMILES string of the molecule is COc1ccccc1C(O)c1nc2ccccc2nc1OC. The van der Waals surface area contributed by atoms with Crippen molar-refractivity contribution in [3.05, 3.63) is 59.8 Å². The van der Waals surface area contributed by atoms with Gasteiger partial charge in [-0.25, -0.2) is 9.97 Å². The predicted molar refractivity (Wildman–Crippen MR) is 83.1 cm³/mol. The molecule has 0 spiro atoms. The molecular weight excluding hydrogens is 280 g/mol. The van der Waals surface area contributed by atoms with Crippen LogP contribution in [0.4, 0.5) is 0 Å². The highest BCUT2D eigenvalue weighted by atomic mass is 16.5. The summed E-state index contributed by atoms with van der Waals surface area (Å²) in [6.45, 7) is 0. The third-order valence-electron chi connectivity index (χ3n) is 3.45. The Hall–Kier alpha value is -2.66. The first-order valence-corrected chi connectivity index (χ1v) is 6.86. The minimum absolute atomic E-state index is 0.303. The summed E-state index contributed by atoms with van der Waals surface area (Å²) in [5, 5.41) is 10.7. The molecule has 0 aliphatic heterocycles. The molecule has 0 amide bonds. The highest BCUT2D eigenvalue weighted by molar-refractivity contribution is 5.75. The fourth-order valence-electron chi connectivity index (χ4n) is 2.37. The maximum atomic E-state index is 10.7. The van der Waals surface area contributed by atoms with Gasteiger partial charge in [-0.2, -0.15) is 0 Å². The van der Waals surface area contributed by atoms with Gasteiger partial charge in [0.05, 0.1) is 25.3 Å². The van der Waals surface area contributed by atoms with Crippen LogP contribution in [0.15, 0.2) is 48.5 Å². The molecule has 0 fully saturated rings. The van der Waals surface area contributed by atoms with Gasteiger partial charge >= 0.3 is 0 Å². The normalized spacial score (nSPS) is 12.1. The number of rotatable bonds is 4. The second kappa shape index (κ2) is 5.99. The largest absolute Gasteiger partial charge is 0.496 e. The van der Waals surface area contributed by atoms with E-state index >= 15 is 0 Å². The van der Waals surface area contributed by atoms with Gasteiger partial charge in [0.15, 0.2) is 0 Å². The van der Waals surface area contributed by atoms with Crippen molar-refractivity contribution in [1.82, 2.24) is 9.97 Å². The number of fused-ring (bicyclic) bond motifs is 1. The van der Waals surface area contributed by atoms with Crippen LogP contribution in [0, 0.1) is 0 Å². The summed E-state index contributed by atoms with van der Waals surface area (Å²) in [5.74, 6) is 0.893. The molecule has 0 saturated carbocycles. The Morgan fingerprint density at radius 3 is 2.18 bits per heavy atom. The van der Waals surface area contributed by atoms with Crippen LogP contribution in [-0.2, 0) is 0 Å². The average Bonchev–Trinajstić information content (AvgIpc) is 2.59. The number of benzene rings is 2. The fourth-order valence-corrected chi connectivity index (χ4v) is 2.37. The molecule has 0 bridgehead atoms. The number of nitrogens with zero attached hydrogens (tertiary/aromatic N) is 2. The Bertz CT molecular complexity index is 805. The fraction of sp³-hybridized carbons (Fsp3) is 0.176. The van der Waals surface area contributed by atoms with E-state index in [4.69, 9.17) is 9.47 Å². The number of aliphatic hydroxyl groups excluding tert-OH is 1. The lowest BCUT2D eigenvalue weighted by molar-refractivity contribution is 0.203. The van der Waals surface area contributed by atoms with E-state index in [1.165, 1.54) is 7.11 Å². The smallest absolute Gasteiger partial charge is 0.239 e. The van der Waals surface area contributed by atoms with Crippen LogP contribution in [0.3, 0.4) is 0 Å². The first kappa shape index (κ1) is 14.3. The minimum Gasteiger partial charge on any atom is -0.496 e. The van der Waals surface area contributed by atoms with E-state index in [2.05, 4.69) is 9.97 Å². The van der Waals surface area contributed by atoms with E-state index < -0.39 is 6.10 Å². The lowest BCUT2D eigenvalue weighted by Gasteiger charge is -2.16. The maximum Gasteiger partial charge on any atom is 0.239 e. The van der Waals surface area contributed by atoms with Crippen LogP contribution in [-0.4, -0.2) is 29.3 Å². The molecule has 2 aromatic carbocycles. The van der Waals surface area contributed by atoms with Gasteiger partial charge in [-0.3, -0.25) is 0 Å². The van der Waals surface area contributed by atoms with Gasteiger partial charge in [0, 0.05) is 5.56 Å². The summed E-state index contributed by atoms with van der Waals surface area (Å²) in [7, 11) is 3.08. The molecule has 0 saturated heterocycles. The van der Waals surface area contributed by atoms with Crippen molar-refractivity contribution in [3.8, 4) is 11.6 Å². The monoisotopic (exact) mass is 296 g/mol. The molecule has 1 aromatic heterocycles. The van der Waals surface area contributed by atoms with Gasteiger partial charge in [-0.1, -0.05) is 30.3 Å². The van der Waals surface area contributed by atoms with E-state index in [0.29, 0.717) is 28.4 Å². The molecule has 1 heterocycles. The third kappa shape index (κ3) is 2.46. The Balaban J connectivity index is 2.15. The van der Waals surface area contributed by atoms with Gasteiger partial charge in [0.1, 0.15) is 17.5 Å². The van der Waals surface area contributed by atoms with E-state index in [-0.39, 0.29) is 0 Å². The minimum atomic E-state index is -0.983. The number of aromatic nitrogens is 2. The van der Waals surface area contributed by atoms with E-state index in [1.54, 1.807) is 19.2 Å². The first-order valence-electron chi connectivity index (χ1n) is 6.86. The van der Waals surface area contributed by atoms with Crippen LogP contribution in [0.5, 0.6) is 11.6 Å². The molecule has 1 atom stereocenters. The molecule has 1 unspecified atom stereocenters. The van der Waals surface area contributed by atoms with Crippen LogP contribution in [0.25, 0.3) is 11.0 Å². The third-order valence-corrected chi connectivity index (χ3v) is 3.45. The summed E-state index contributed by atoms with van der Waals surface area (Å²) in [6, 6.07) is 14.7. The molecule has 0 aliphatic rings. The zero-order valence-corrected chi connectivity index (χ0v) is 12.4. The highest BCUT2D eigenvalue weighted by Gasteiger charge is 2.22. The molecule has 5 heteroatoms. The summed E-state index contributed by atoms with van der Waals surface area (Å²) >= 11 is 0. The molecule has 3 rings (SSSR count). The van der Waals surface area contributed by atoms with E-state index in [9.17, 15) is 5.11 Å². The number of para-hydroxylation sites is 3. The molecular formula is C17H16N2O3. The van der Waals surface area contributed by atoms with Gasteiger partial charge in [0.2, 0.25) is 5.88 Å². The molecule has 1 N–H and O–H groups in total. The van der Waals surface area contributed by atoms with Crippen LogP contribution < -0.4 is 9.47 Å². The first-order chi connectivity index (χ1) is 10.7. The maximum absolute atomic E-state index is 10.7.